The molecular weight excluding hydrogens is 152 g/mol. The molecule has 2 unspecified atom stereocenters. The third-order valence-corrected chi connectivity index (χ3v) is 2.67. The molecule has 0 aromatic carbocycles. The van der Waals surface area contributed by atoms with Crippen molar-refractivity contribution in [2.24, 2.45) is 5.92 Å². The van der Waals surface area contributed by atoms with E-state index in [1.807, 2.05) is 0 Å². The highest BCUT2D eigenvalue weighted by molar-refractivity contribution is 7.85. The van der Waals surface area contributed by atoms with Gasteiger partial charge in [-0.2, -0.15) is 0 Å². The molecule has 0 aliphatic carbocycles. The van der Waals surface area contributed by atoms with Gasteiger partial charge in [0.05, 0.1) is 0 Å². The van der Waals surface area contributed by atoms with Crippen molar-refractivity contribution < 1.29 is 14.1 Å². The van der Waals surface area contributed by atoms with Gasteiger partial charge in [0.25, 0.3) is 0 Å². The molecule has 0 saturated heterocycles. The van der Waals surface area contributed by atoms with Gasteiger partial charge < -0.3 is 5.11 Å². The van der Waals surface area contributed by atoms with Crippen molar-refractivity contribution in [1.29, 1.82) is 0 Å². The van der Waals surface area contributed by atoms with Crippen LogP contribution in [0.3, 0.4) is 0 Å². The number of carbonyl (C=O) groups is 1. The topological polar surface area (TPSA) is 54.4 Å². The fraction of sp³-hybridized carbons (Fsp3) is 0.833. The summed E-state index contributed by atoms with van der Waals surface area (Å²) in [5, 5.41) is 7.80. The van der Waals surface area contributed by atoms with Crippen LogP contribution in [0.5, 0.6) is 0 Å². The Labute approximate surface area is 62.9 Å². The highest BCUT2D eigenvalue weighted by atomic mass is 32.2. The molecule has 10 heavy (non-hydrogen) atoms. The van der Waals surface area contributed by atoms with Gasteiger partial charge in [0.2, 0.25) is 0 Å². The van der Waals surface area contributed by atoms with E-state index in [9.17, 15) is 9.00 Å². The Bertz CT molecular complexity index is 139. The number of aliphatic carboxylic acids is 1. The Morgan fingerprint density at radius 1 is 1.50 bits per heavy atom. The first kappa shape index (κ1) is 9.62. The Morgan fingerprint density at radius 3 is 1.90 bits per heavy atom. The minimum atomic E-state index is -1.26. The molecule has 1 N–H and O–H groups in total. The van der Waals surface area contributed by atoms with Gasteiger partial charge in [0.1, 0.15) is 5.25 Å². The monoisotopic (exact) mass is 164 g/mol. The first-order valence-electron chi connectivity index (χ1n) is 3.02. The second-order valence-electron chi connectivity index (χ2n) is 2.50. The second kappa shape index (κ2) is 3.71. The third-order valence-electron chi connectivity index (χ3n) is 1.21. The van der Waals surface area contributed by atoms with Crippen LogP contribution >= 0.6 is 0 Å². The van der Waals surface area contributed by atoms with E-state index in [0.717, 1.165) is 0 Å². The van der Waals surface area contributed by atoms with Crippen molar-refractivity contribution in [3.05, 3.63) is 0 Å². The standard InChI is InChI=1S/C6H12O3S/c1-4(2)5(6(7)8)10(3)9/h4-5H,1-3H3,(H,7,8). The zero-order chi connectivity index (χ0) is 8.31. The summed E-state index contributed by atoms with van der Waals surface area (Å²) >= 11 is 0. The van der Waals surface area contributed by atoms with Gasteiger partial charge in [-0.1, -0.05) is 13.8 Å². The molecule has 0 spiro atoms. The summed E-state index contributed by atoms with van der Waals surface area (Å²) in [5.41, 5.74) is 0. The molecule has 0 aliphatic rings. The van der Waals surface area contributed by atoms with Gasteiger partial charge in [-0.3, -0.25) is 9.00 Å². The van der Waals surface area contributed by atoms with Crippen LogP contribution in [-0.2, 0) is 15.6 Å². The smallest absolute Gasteiger partial charge is 0.319 e. The largest absolute Gasteiger partial charge is 0.480 e. The quantitative estimate of drug-likeness (QED) is 0.660. The lowest BCUT2D eigenvalue weighted by Gasteiger charge is -2.11. The van der Waals surface area contributed by atoms with E-state index >= 15 is 0 Å². The molecule has 2 atom stereocenters. The Kier molecular flexibility index (Phi) is 3.57. The van der Waals surface area contributed by atoms with Crippen LogP contribution in [0, 0.1) is 5.92 Å². The number of rotatable bonds is 3. The summed E-state index contributed by atoms with van der Waals surface area (Å²) in [4.78, 5) is 10.4. The van der Waals surface area contributed by atoms with Crippen molar-refractivity contribution in [3.8, 4) is 0 Å². The van der Waals surface area contributed by atoms with Crippen LogP contribution in [0.25, 0.3) is 0 Å². The van der Waals surface area contributed by atoms with Crippen molar-refractivity contribution in [2.45, 2.75) is 19.1 Å². The van der Waals surface area contributed by atoms with Gasteiger partial charge in [-0.05, 0) is 5.92 Å². The van der Waals surface area contributed by atoms with Crippen LogP contribution in [-0.4, -0.2) is 26.8 Å². The summed E-state index contributed by atoms with van der Waals surface area (Å²) in [5.74, 6) is -1.04. The average Bonchev–Trinajstić information content (AvgIpc) is 1.59. The Hall–Kier alpha value is -0.380. The molecule has 0 fully saturated rings. The SMILES string of the molecule is CC(C)C(C(=O)O)S(C)=O. The first-order chi connectivity index (χ1) is 4.46. The molecule has 60 valence electrons. The Balaban J connectivity index is 4.27. The van der Waals surface area contributed by atoms with Crippen LogP contribution in [0.2, 0.25) is 0 Å². The highest BCUT2D eigenvalue weighted by Crippen LogP contribution is 2.07. The predicted octanol–water partition coefficient (Wildman–Crippen LogP) is 0.474. The molecule has 0 bridgehead atoms. The number of carboxylic acids is 1. The van der Waals surface area contributed by atoms with Crippen molar-refractivity contribution in [2.75, 3.05) is 6.26 Å². The normalized spacial score (nSPS) is 16.8. The van der Waals surface area contributed by atoms with Gasteiger partial charge >= 0.3 is 5.97 Å². The van der Waals surface area contributed by atoms with E-state index in [1.54, 1.807) is 13.8 Å². The lowest BCUT2D eigenvalue weighted by atomic mass is 10.1. The maximum atomic E-state index is 10.8. The van der Waals surface area contributed by atoms with E-state index in [2.05, 4.69) is 0 Å². The molecule has 4 heteroatoms. The fourth-order valence-corrected chi connectivity index (χ4v) is 1.86. The van der Waals surface area contributed by atoms with E-state index < -0.39 is 22.0 Å². The van der Waals surface area contributed by atoms with Crippen molar-refractivity contribution >= 4 is 16.8 Å². The van der Waals surface area contributed by atoms with Gasteiger partial charge in [-0.25, -0.2) is 0 Å². The fourth-order valence-electron chi connectivity index (χ4n) is 0.810. The summed E-state index contributed by atoms with van der Waals surface area (Å²) < 4.78 is 10.8. The Morgan fingerprint density at radius 2 is 1.90 bits per heavy atom. The van der Waals surface area contributed by atoms with E-state index in [4.69, 9.17) is 5.11 Å². The lowest BCUT2D eigenvalue weighted by Crippen LogP contribution is -2.30. The van der Waals surface area contributed by atoms with Gasteiger partial charge in [0, 0.05) is 17.1 Å². The van der Waals surface area contributed by atoms with Crippen molar-refractivity contribution in [3.63, 3.8) is 0 Å². The van der Waals surface area contributed by atoms with Gasteiger partial charge in [-0.15, -0.1) is 0 Å². The van der Waals surface area contributed by atoms with E-state index in [1.165, 1.54) is 6.26 Å². The van der Waals surface area contributed by atoms with Gasteiger partial charge in [0.15, 0.2) is 0 Å². The zero-order valence-electron chi connectivity index (χ0n) is 6.33. The average molecular weight is 164 g/mol. The molecule has 0 aliphatic heterocycles. The van der Waals surface area contributed by atoms with E-state index in [0.29, 0.717) is 0 Å². The zero-order valence-corrected chi connectivity index (χ0v) is 7.14. The summed E-state index contributed by atoms with van der Waals surface area (Å²) in [7, 11) is -1.26. The molecule has 0 aromatic rings. The summed E-state index contributed by atoms with van der Waals surface area (Å²) in [6.07, 6.45) is 1.42. The summed E-state index contributed by atoms with van der Waals surface area (Å²) in [6, 6.07) is 0. The number of carboxylic acid groups (broad SMARTS) is 1. The second-order valence-corrected chi connectivity index (χ2v) is 4.01. The van der Waals surface area contributed by atoms with E-state index in [-0.39, 0.29) is 5.92 Å². The molecule has 0 amide bonds. The van der Waals surface area contributed by atoms with Crippen LogP contribution in [0.15, 0.2) is 0 Å². The number of hydrogen-bond donors (Lipinski definition) is 1. The highest BCUT2D eigenvalue weighted by Gasteiger charge is 2.24. The lowest BCUT2D eigenvalue weighted by molar-refractivity contribution is -0.137. The minimum Gasteiger partial charge on any atom is -0.480 e. The maximum absolute atomic E-state index is 10.8. The first-order valence-corrected chi connectivity index (χ1v) is 4.64. The number of hydrogen-bond acceptors (Lipinski definition) is 2. The van der Waals surface area contributed by atoms with Crippen molar-refractivity contribution in [1.82, 2.24) is 0 Å². The van der Waals surface area contributed by atoms with Crippen LogP contribution in [0.1, 0.15) is 13.8 Å². The third kappa shape index (κ3) is 2.47. The molecule has 0 aromatic heterocycles. The minimum absolute atomic E-state index is 0.0664. The molecule has 0 radical (unpaired) electrons. The van der Waals surface area contributed by atoms with Crippen LogP contribution < -0.4 is 0 Å². The molecular formula is C6H12O3S. The molecule has 0 rings (SSSR count). The molecule has 0 heterocycles. The maximum Gasteiger partial charge on any atom is 0.319 e. The predicted molar refractivity (Wildman–Crippen MR) is 40.3 cm³/mol. The van der Waals surface area contributed by atoms with Crippen LogP contribution in [0.4, 0.5) is 0 Å². The molecule has 3 nitrogen and oxygen atoms in total. The summed E-state index contributed by atoms with van der Waals surface area (Å²) in [6.45, 7) is 3.50. The molecule has 0 saturated carbocycles.